The smallest absolute Gasteiger partial charge is 0.235 e. The molecule has 9 aromatic carbocycles. The molecule has 0 bridgehead atoms. The van der Waals surface area contributed by atoms with Crippen LogP contribution in [-0.2, 0) is 0 Å². The highest BCUT2D eigenvalue weighted by molar-refractivity contribution is 7.25. The lowest BCUT2D eigenvalue weighted by atomic mass is 10.0. The summed E-state index contributed by atoms with van der Waals surface area (Å²) in [6.45, 7) is 0. The second-order valence-electron chi connectivity index (χ2n) is 15.0. The number of aromatic nitrogens is 4. The molecule has 13 aromatic rings. The van der Waals surface area contributed by atoms with Crippen molar-refractivity contribution in [3.8, 4) is 22.9 Å². The molecule has 0 N–H and O–H groups in total. The van der Waals surface area contributed by atoms with Crippen LogP contribution in [0.25, 0.3) is 119 Å². The molecule has 13 rings (SSSR count). The van der Waals surface area contributed by atoms with E-state index in [9.17, 15) is 0 Å². The lowest BCUT2D eigenvalue weighted by Crippen LogP contribution is -2.03. The van der Waals surface area contributed by atoms with Gasteiger partial charge < -0.3 is 4.57 Å². The van der Waals surface area contributed by atoms with Crippen LogP contribution in [0.5, 0.6) is 0 Å². The van der Waals surface area contributed by atoms with Crippen LogP contribution in [0.3, 0.4) is 0 Å². The Balaban J connectivity index is 1.05. The third-order valence-electron chi connectivity index (χ3n) is 11.9. The fourth-order valence-corrected chi connectivity index (χ4v) is 10.4. The minimum absolute atomic E-state index is 0.663. The standard InChI is InChI=1S/C52H30N4S/c1-2-12-32-28-47-42(26-31(32)11-1)37-13-4-8-18-45(37)55(47)36-23-21-33-27-43-38-14-5-9-19-46(38)56(48(43)29-35(33)25-36)52-53-44-17-7-3-16-41(44)51(54-52)34-22-24-40-39-15-6-10-20-49(39)57-50(40)30-34/h1-30H. The number of thiophene rings is 1. The van der Waals surface area contributed by atoms with Crippen molar-refractivity contribution in [3.63, 3.8) is 0 Å². The number of rotatable bonds is 3. The van der Waals surface area contributed by atoms with E-state index in [-0.39, 0.29) is 0 Å². The van der Waals surface area contributed by atoms with Crippen LogP contribution in [0.4, 0.5) is 0 Å². The Kier molecular flexibility index (Phi) is 6.29. The monoisotopic (exact) mass is 742 g/mol. The van der Waals surface area contributed by atoms with E-state index in [2.05, 4.69) is 191 Å². The lowest BCUT2D eigenvalue weighted by Gasteiger charge is -2.13. The second kappa shape index (κ2) is 11.6. The van der Waals surface area contributed by atoms with E-state index in [1.165, 1.54) is 68.9 Å². The molecule has 0 saturated carbocycles. The molecule has 0 aliphatic heterocycles. The summed E-state index contributed by atoms with van der Waals surface area (Å²) in [6, 6.07) is 66.1. The summed E-state index contributed by atoms with van der Waals surface area (Å²) in [5, 5.41) is 13.3. The van der Waals surface area contributed by atoms with Crippen LogP contribution < -0.4 is 0 Å². The van der Waals surface area contributed by atoms with Gasteiger partial charge in [0.05, 0.1) is 33.3 Å². The Morgan fingerprint density at radius 2 is 0.947 bits per heavy atom. The van der Waals surface area contributed by atoms with E-state index in [1.807, 2.05) is 11.3 Å². The first-order valence-electron chi connectivity index (χ1n) is 19.3. The van der Waals surface area contributed by atoms with Gasteiger partial charge in [0.1, 0.15) is 0 Å². The Labute approximate surface area is 330 Å². The maximum absolute atomic E-state index is 5.46. The van der Waals surface area contributed by atoms with Gasteiger partial charge in [0.15, 0.2) is 0 Å². The minimum atomic E-state index is 0.663. The highest BCUT2D eigenvalue weighted by atomic mass is 32.1. The molecule has 4 heterocycles. The first kappa shape index (κ1) is 30.9. The molecule has 0 atom stereocenters. The molecule has 0 aliphatic carbocycles. The third-order valence-corrected chi connectivity index (χ3v) is 13.0. The van der Waals surface area contributed by atoms with Gasteiger partial charge in [-0.05, 0) is 88.3 Å². The number of para-hydroxylation sites is 3. The van der Waals surface area contributed by atoms with Crippen molar-refractivity contribution in [2.75, 3.05) is 0 Å². The average Bonchev–Trinajstić information content (AvgIpc) is 3.91. The van der Waals surface area contributed by atoms with Gasteiger partial charge in [-0.25, -0.2) is 9.97 Å². The van der Waals surface area contributed by atoms with Gasteiger partial charge in [0.2, 0.25) is 5.95 Å². The van der Waals surface area contributed by atoms with Crippen molar-refractivity contribution < 1.29 is 0 Å². The van der Waals surface area contributed by atoms with E-state index in [0.29, 0.717) is 5.95 Å². The topological polar surface area (TPSA) is 35.6 Å². The number of hydrogen-bond acceptors (Lipinski definition) is 3. The highest BCUT2D eigenvalue weighted by Crippen LogP contribution is 2.40. The van der Waals surface area contributed by atoms with Crippen molar-refractivity contribution in [3.05, 3.63) is 182 Å². The molecule has 0 aliphatic rings. The van der Waals surface area contributed by atoms with E-state index in [1.54, 1.807) is 0 Å². The van der Waals surface area contributed by atoms with Gasteiger partial charge in [0.25, 0.3) is 0 Å². The summed E-state index contributed by atoms with van der Waals surface area (Å²) in [5.74, 6) is 0.663. The van der Waals surface area contributed by atoms with Crippen molar-refractivity contribution in [1.29, 1.82) is 0 Å². The molecular weight excluding hydrogens is 713 g/mol. The Morgan fingerprint density at radius 1 is 0.351 bits per heavy atom. The van der Waals surface area contributed by atoms with E-state index < -0.39 is 0 Å². The summed E-state index contributed by atoms with van der Waals surface area (Å²) in [7, 11) is 0. The van der Waals surface area contributed by atoms with Gasteiger partial charge in [-0.15, -0.1) is 11.3 Å². The lowest BCUT2D eigenvalue weighted by molar-refractivity contribution is 1.01. The fraction of sp³-hybridized carbons (Fsp3) is 0. The average molecular weight is 743 g/mol. The Bertz CT molecular complexity index is 3830. The quantitative estimate of drug-likeness (QED) is 0.181. The Morgan fingerprint density at radius 3 is 1.75 bits per heavy atom. The minimum Gasteiger partial charge on any atom is -0.309 e. The predicted molar refractivity (Wildman–Crippen MR) is 242 cm³/mol. The van der Waals surface area contributed by atoms with E-state index in [4.69, 9.17) is 9.97 Å². The summed E-state index contributed by atoms with van der Waals surface area (Å²) >= 11 is 1.83. The van der Waals surface area contributed by atoms with E-state index in [0.717, 1.165) is 44.3 Å². The van der Waals surface area contributed by atoms with Gasteiger partial charge >= 0.3 is 0 Å². The van der Waals surface area contributed by atoms with Crippen LogP contribution in [0.1, 0.15) is 0 Å². The van der Waals surface area contributed by atoms with Crippen molar-refractivity contribution in [2.24, 2.45) is 0 Å². The van der Waals surface area contributed by atoms with Gasteiger partial charge in [-0.3, -0.25) is 4.57 Å². The fourth-order valence-electron chi connectivity index (χ4n) is 9.25. The van der Waals surface area contributed by atoms with Crippen LogP contribution >= 0.6 is 11.3 Å². The molecule has 0 radical (unpaired) electrons. The van der Waals surface area contributed by atoms with Crippen molar-refractivity contribution in [1.82, 2.24) is 19.1 Å². The molecule has 4 nitrogen and oxygen atoms in total. The Hall–Kier alpha value is -7.34. The molecule has 57 heavy (non-hydrogen) atoms. The summed E-state index contributed by atoms with van der Waals surface area (Å²) in [4.78, 5) is 10.7. The third kappa shape index (κ3) is 4.49. The van der Waals surface area contributed by atoms with Crippen molar-refractivity contribution in [2.45, 2.75) is 0 Å². The molecule has 0 amide bonds. The normalized spacial score (nSPS) is 12.2. The molecule has 4 aromatic heterocycles. The number of nitrogens with zero attached hydrogens (tertiary/aromatic N) is 4. The first-order chi connectivity index (χ1) is 28.2. The zero-order valence-electron chi connectivity index (χ0n) is 30.5. The first-order valence-corrected chi connectivity index (χ1v) is 20.1. The van der Waals surface area contributed by atoms with Gasteiger partial charge in [-0.1, -0.05) is 115 Å². The van der Waals surface area contributed by atoms with Crippen LogP contribution in [0.2, 0.25) is 0 Å². The molecule has 264 valence electrons. The van der Waals surface area contributed by atoms with Crippen LogP contribution in [0, 0.1) is 0 Å². The van der Waals surface area contributed by atoms with Crippen LogP contribution in [-0.4, -0.2) is 19.1 Å². The molecule has 0 unspecified atom stereocenters. The summed E-state index contributed by atoms with van der Waals surface area (Å²) in [6.07, 6.45) is 0. The number of benzene rings is 9. The predicted octanol–water partition coefficient (Wildman–Crippen LogP) is 14.2. The molecular formula is C52H30N4S. The SMILES string of the molecule is c1ccc2cc3c(cc2c1)c1ccccc1n3-c1ccc2cc3c4ccccc4n(-c4nc(-c5ccc6c(c5)sc5ccccc56)c5ccccc5n4)c3cc2c1. The molecule has 0 saturated heterocycles. The number of fused-ring (bicyclic) bond motifs is 12. The number of hydrogen-bond donors (Lipinski definition) is 0. The van der Waals surface area contributed by atoms with Gasteiger partial charge in [-0.2, -0.15) is 0 Å². The van der Waals surface area contributed by atoms with Crippen molar-refractivity contribution >= 4 is 108 Å². The second-order valence-corrected chi connectivity index (χ2v) is 16.1. The zero-order chi connectivity index (χ0) is 37.2. The maximum atomic E-state index is 5.46. The molecule has 5 heteroatoms. The van der Waals surface area contributed by atoms with Gasteiger partial charge in [0, 0.05) is 58.4 Å². The zero-order valence-corrected chi connectivity index (χ0v) is 31.3. The molecule has 0 spiro atoms. The molecule has 0 fully saturated rings. The summed E-state index contributed by atoms with van der Waals surface area (Å²) < 4.78 is 7.23. The highest BCUT2D eigenvalue weighted by Gasteiger charge is 2.20. The largest absolute Gasteiger partial charge is 0.309 e. The summed E-state index contributed by atoms with van der Waals surface area (Å²) in [5.41, 5.74) is 8.63. The maximum Gasteiger partial charge on any atom is 0.235 e. The van der Waals surface area contributed by atoms with Crippen LogP contribution in [0.15, 0.2) is 182 Å². The van der Waals surface area contributed by atoms with E-state index >= 15 is 0 Å².